The zero-order chi connectivity index (χ0) is 45.9. The second kappa shape index (κ2) is 30.7. The largest absolute Gasteiger partial charge is 2.00 e. The van der Waals surface area contributed by atoms with Crippen LogP contribution in [0.25, 0.3) is 45.6 Å². The first kappa shape index (κ1) is 66.2. The van der Waals surface area contributed by atoms with Gasteiger partial charge in [-0.2, -0.15) is 18.9 Å². The summed E-state index contributed by atoms with van der Waals surface area (Å²) in [5.41, 5.74) is 3.91. The summed E-state index contributed by atoms with van der Waals surface area (Å²) >= 11 is 0. The van der Waals surface area contributed by atoms with Crippen LogP contribution in [0.3, 0.4) is 0 Å². The first-order chi connectivity index (χ1) is 27.5. The normalized spacial score (nSPS) is 10.2. The van der Waals surface area contributed by atoms with Gasteiger partial charge in [-0.3, -0.25) is 0 Å². The summed E-state index contributed by atoms with van der Waals surface area (Å²) in [6, 6.07) is 31.0. The van der Waals surface area contributed by atoms with E-state index in [9.17, 15) is 20.8 Å². The molecule has 0 aliphatic rings. The first-order valence-electron chi connectivity index (χ1n) is 14.7. The van der Waals surface area contributed by atoms with Crippen molar-refractivity contribution < 1.29 is 180 Å². The Morgan fingerprint density at radius 3 is 0.578 bits per heavy atom. The van der Waals surface area contributed by atoms with Crippen molar-refractivity contribution in [3.8, 4) is 45.6 Å². The zero-order valence-corrected chi connectivity index (χ0v) is 35.7. The molecular weight excluding hydrogens is 1070 g/mol. The molecule has 64 heavy (non-hydrogen) atoms. The number of hydrogen-bond acceptors (Lipinski definition) is 22. The molecule has 0 aromatic carbocycles. The van der Waals surface area contributed by atoms with Crippen LogP contribution in [0, 0.1) is 61.8 Å². The Hall–Kier alpha value is -4.42. The van der Waals surface area contributed by atoms with Gasteiger partial charge in [0, 0.05) is 48.5 Å². The second-order valence-corrected chi connectivity index (χ2v) is 13.0. The molecule has 6 aromatic rings. The molecule has 0 aliphatic heterocycles. The van der Waals surface area contributed by atoms with Crippen molar-refractivity contribution in [3.05, 3.63) is 155 Å². The van der Waals surface area contributed by atoms with Crippen molar-refractivity contribution >= 4 is 0 Å². The van der Waals surface area contributed by atoms with Gasteiger partial charge in [0.2, 0.25) is 22.8 Å². The Bertz CT molecular complexity index is 1900. The molecule has 0 unspecified atom stereocenters. The van der Waals surface area contributed by atoms with Gasteiger partial charge in [0.15, 0.2) is 24.8 Å². The van der Waals surface area contributed by atoms with Crippen molar-refractivity contribution in [3.63, 3.8) is 0 Å². The fourth-order valence-electron chi connectivity index (χ4n) is 3.95. The molecule has 0 aliphatic carbocycles. The molecular formula is C30H28Cl4Cu2N6O22+2. The monoisotopic (exact) mass is 1090 g/mol. The minimum absolute atomic E-state index is 0. The topological polar surface area (TPSA) is 568 Å². The van der Waals surface area contributed by atoms with Crippen LogP contribution in [-0.4, -0.2) is 9.97 Å². The van der Waals surface area contributed by atoms with E-state index in [1.807, 2.05) is 0 Å². The van der Waals surface area contributed by atoms with Crippen LogP contribution in [0.2, 0.25) is 0 Å². The molecule has 0 atom stereocenters. The van der Waals surface area contributed by atoms with E-state index in [2.05, 4.69) is 9.97 Å². The van der Waals surface area contributed by atoms with Crippen molar-refractivity contribution in [1.82, 2.24) is 9.97 Å². The van der Waals surface area contributed by atoms with E-state index in [0.717, 1.165) is 18.9 Å². The molecule has 6 heterocycles. The molecule has 0 fully saturated rings. The van der Waals surface area contributed by atoms with Crippen LogP contribution >= 0.6 is 0 Å². The van der Waals surface area contributed by atoms with Gasteiger partial charge in [-0.05, 0) is 48.5 Å². The SMILES string of the molecule is [Cu+2].[Cu+2].[O-][Cl+3]([O-])([O-])[O-].[O-][Cl+3]([O-])([O-])[O-].[O-][Cl+3]([O-])([O-])[O-].[O-][Cl+3]([O-])([O-])[O-].[O-][n+]1ccccc1-c1cccc(-c2cccc[n+]2[O-])n1.[O-][n+]1ccccc1-c1cccc(-c2cccc[n+]2[O-])n1.[OH3+].[OH3+]. The summed E-state index contributed by atoms with van der Waals surface area (Å²) in [4.78, 5) is 8.79. The van der Waals surface area contributed by atoms with Crippen LogP contribution in [0.4, 0.5) is 0 Å². The molecule has 0 bridgehead atoms. The summed E-state index contributed by atoms with van der Waals surface area (Å²) in [7, 11) is -19.8. The maximum Gasteiger partial charge on any atom is 2.00 e. The van der Waals surface area contributed by atoms with Gasteiger partial charge in [-0.25, -0.2) is 84.5 Å². The van der Waals surface area contributed by atoms with Crippen molar-refractivity contribution in [2.24, 2.45) is 0 Å². The number of hydrogen-bond donors (Lipinski definition) is 0. The van der Waals surface area contributed by atoms with E-state index in [0.29, 0.717) is 45.6 Å². The zero-order valence-electron chi connectivity index (χ0n) is 30.8. The standard InChI is InChI=1S/2C15H11N3O2.4ClHO4.2Cu.2H2O/c2*19-17-10-3-1-8-14(17)12-6-5-7-13(16-12)15-9-2-4-11-18(15)20;4*2-1(3,4)5;;;;/h2*1-11H;4*(H,2,3,4,5);;;2*1H2/q;;;;;;2*+2;;/p-2. The molecule has 358 valence electrons. The van der Waals surface area contributed by atoms with Gasteiger partial charge in [0.25, 0.3) is 0 Å². The van der Waals surface area contributed by atoms with Gasteiger partial charge in [-0.15, -0.1) is 41.0 Å². The average Bonchev–Trinajstić information content (AvgIpc) is 3.10. The molecule has 0 saturated heterocycles. The van der Waals surface area contributed by atoms with Crippen LogP contribution in [0.1, 0.15) is 0 Å². The van der Waals surface area contributed by atoms with E-state index < -0.39 is 41.0 Å². The molecule has 28 nitrogen and oxygen atoms in total. The summed E-state index contributed by atoms with van der Waals surface area (Å²) in [5, 5.41) is 47.0. The third kappa shape index (κ3) is 32.3. The van der Waals surface area contributed by atoms with Crippen molar-refractivity contribution in [1.29, 1.82) is 0 Å². The van der Waals surface area contributed by atoms with E-state index in [-0.39, 0.29) is 45.1 Å². The number of rotatable bonds is 4. The summed E-state index contributed by atoms with van der Waals surface area (Å²) in [6.07, 6.45) is 5.67. The van der Waals surface area contributed by atoms with Crippen LogP contribution in [0.5, 0.6) is 0 Å². The predicted molar refractivity (Wildman–Crippen MR) is 156 cm³/mol. The Kier molecular flexibility index (Phi) is 31.7. The summed E-state index contributed by atoms with van der Waals surface area (Å²) in [5.74, 6) is 0. The van der Waals surface area contributed by atoms with Gasteiger partial charge < -0.3 is 31.8 Å². The van der Waals surface area contributed by atoms with E-state index in [4.69, 9.17) is 74.5 Å². The van der Waals surface area contributed by atoms with Crippen LogP contribution < -0.4 is 93.5 Å². The number of aromatic nitrogens is 6. The number of nitrogens with zero attached hydrogens (tertiary/aromatic N) is 6. The van der Waals surface area contributed by atoms with Gasteiger partial charge in [-0.1, -0.05) is 12.1 Å². The maximum absolute atomic E-state index is 11.7. The number of pyridine rings is 6. The molecule has 6 rings (SSSR count). The molecule has 2 radical (unpaired) electrons. The third-order valence-corrected chi connectivity index (χ3v) is 5.84. The molecule has 0 spiro atoms. The molecule has 34 heteroatoms. The van der Waals surface area contributed by atoms with Crippen LogP contribution in [0.15, 0.2) is 134 Å². The third-order valence-electron chi connectivity index (χ3n) is 5.84. The van der Waals surface area contributed by atoms with Gasteiger partial charge in [0.05, 0.1) is 0 Å². The molecule has 0 amide bonds. The van der Waals surface area contributed by atoms with Crippen molar-refractivity contribution in [2.75, 3.05) is 0 Å². The Morgan fingerprint density at radius 2 is 0.438 bits per heavy atom. The smallest absolute Gasteiger partial charge is 0.618 e. The predicted octanol–water partition coefficient (Wildman–Crippen LogP) is -17.5. The van der Waals surface area contributed by atoms with E-state index in [1.165, 1.54) is 24.8 Å². The first-order valence-corrected chi connectivity index (χ1v) is 19.6. The van der Waals surface area contributed by atoms with Crippen molar-refractivity contribution in [2.45, 2.75) is 0 Å². The maximum atomic E-state index is 11.7. The Balaban J connectivity index is -0.000000381. The van der Waals surface area contributed by atoms with Gasteiger partial charge in [0.1, 0.15) is 22.8 Å². The molecule has 6 N–H and O–H groups in total. The minimum atomic E-state index is -4.94. The van der Waals surface area contributed by atoms with E-state index >= 15 is 0 Å². The van der Waals surface area contributed by atoms with Crippen LogP contribution in [-0.2, 0) is 45.1 Å². The molecule has 6 aromatic heterocycles. The Morgan fingerprint density at radius 1 is 0.281 bits per heavy atom. The van der Waals surface area contributed by atoms with E-state index in [1.54, 1.807) is 109 Å². The fraction of sp³-hybridized carbons (Fsp3) is 0. The van der Waals surface area contributed by atoms with Gasteiger partial charge >= 0.3 is 34.1 Å². The quantitative estimate of drug-likeness (QED) is 0.0684. The summed E-state index contributed by atoms with van der Waals surface area (Å²) < 4.78 is 139. The Labute approximate surface area is 388 Å². The molecule has 0 saturated carbocycles. The average molecular weight is 1090 g/mol. The fourth-order valence-corrected chi connectivity index (χ4v) is 3.95. The minimum Gasteiger partial charge on any atom is -0.618 e. The summed E-state index contributed by atoms with van der Waals surface area (Å²) in [6.45, 7) is 0. The second-order valence-electron chi connectivity index (χ2n) is 9.97. The number of halogens is 4.